The number of hydrogen-bond acceptors (Lipinski definition) is 4. The van der Waals surface area contributed by atoms with Gasteiger partial charge in [-0.1, -0.05) is 72.8 Å². The molecule has 0 heterocycles. The zero-order valence-corrected chi connectivity index (χ0v) is 19.5. The Morgan fingerprint density at radius 1 is 0.938 bits per heavy atom. The van der Waals surface area contributed by atoms with Gasteiger partial charge in [0.2, 0.25) is 10.0 Å². The SMILES string of the molecule is Cc1ccc(C(O)CN(Cc2ccccc2)C(C)CCc2ccccc2)cc1S(N)(=O)=O. The molecule has 3 N–H and O–H groups in total. The van der Waals surface area contributed by atoms with Gasteiger partial charge in [0.25, 0.3) is 0 Å². The van der Waals surface area contributed by atoms with Crippen molar-refractivity contribution in [3.8, 4) is 0 Å². The fraction of sp³-hybridized carbons (Fsp3) is 0.308. The topological polar surface area (TPSA) is 83.6 Å². The first-order valence-electron chi connectivity index (χ1n) is 10.9. The van der Waals surface area contributed by atoms with Crippen LogP contribution in [0.25, 0.3) is 0 Å². The maximum absolute atomic E-state index is 11.9. The molecule has 5 nitrogen and oxygen atoms in total. The number of nitrogens with two attached hydrogens (primary N) is 1. The summed E-state index contributed by atoms with van der Waals surface area (Å²) in [6.45, 7) is 4.95. The first-order chi connectivity index (χ1) is 15.2. The summed E-state index contributed by atoms with van der Waals surface area (Å²) in [5.41, 5.74) is 3.57. The van der Waals surface area contributed by atoms with Gasteiger partial charge in [-0.3, -0.25) is 4.90 Å². The highest BCUT2D eigenvalue weighted by Gasteiger charge is 2.21. The zero-order valence-electron chi connectivity index (χ0n) is 18.7. The number of nitrogens with zero attached hydrogens (tertiary/aromatic N) is 1. The second-order valence-corrected chi connectivity index (χ2v) is 9.90. The highest BCUT2D eigenvalue weighted by Crippen LogP contribution is 2.23. The minimum Gasteiger partial charge on any atom is -0.387 e. The lowest BCUT2D eigenvalue weighted by Crippen LogP contribution is -2.36. The van der Waals surface area contributed by atoms with Gasteiger partial charge in [0.1, 0.15) is 0 Å². The van der Waals surface area contributed by atoms with Crippen molar-refractivity contribution in [1.82, 2.24) is 4.90 Å². The van der Waals surface area contributed by atoms with E-state index in [2.05, 4.69) is 36.1 Å². The van der Waals surface area contributed by atoms with E-state index >= 15 is 0 Å². The van der Waals surface area contributed by atoms with E-state index in [1.54, 1.807) is 19.1 Å². The number of aryl methyl sites for hydroxylation is 2. The van der Waals surface area contributed by atoms with E-state index in [0.717, 1.165) is 12.8 Å². The lowest BCUT2D eigenvalue weighted by molar-refractivity contribution is 0.0833. The van der Waals surface area contributed by atoms with Crippen molar-refractivity contribution < 1.29 is 13.5 Å². The van der Waals surface area contributed by atoms with E-state index in [-0.39, 0.29) is 10.9 Å². The van der Waals surface area contributed by atoms with Crippen molar-refractivity contribution in [2.24, 2.45) is 5.14 Å². The third-order valence-corrected chi connectivity index (χ3v) is 6.91. The van der Waals surface area contributed by atoms with Crippen molar-refractivity contribution in [3.63, 3.8) is 0 Å². The normalized spacial score (nSPS) is 13.8. The number of primary sulfonamides is 1. The molecule has 32 heavy (non-hydrogen) atoms. The van der Waals surface area contributed by atoms with Crippen molar-refractivity contribution >= 4 is 10.0 Å². The van der Waals surface area contributed by atoms with E-state index < -0.39 is 16.1 Å². The average Bonchev–Trinajstić information content (AvgIpc) is 2.78. The molecule has 0 amide bonds. The number of rotatable bonds is 10. The Kier molecular flexibility index (Phi) is 8.21. The number of hydrogen-bond donors (Lipinski definition) is 2. The molecule has 0 spiro atoms. The number of benzene rings is 3. The quantitative estimate of drug-likeness (QED) is 0.483. The molecule has 3 rings (SSSR count). The Balaban J connectivity index is 1.78. The van der Waals surface area contributed by atoms with Crippen LogP contribution >= 0.6 is 0 Å². The minimum absolute atomic E-state index is 0.0563. The van der Waals surface area contributed by atoms with Crippen LogP contribution in [0.15, 0.2) is 83.8 Å². The second kappa shape index (κ2) is 10.9. The van der Waals surface area contributed by atoms with Crippen molar-refractivity contribution in [2.45, 2.75) is 50.3 Å². The van der Waals surface area contributed by atoms with Crippen LogP contribution in [0.5, 0.6) is 0 Å². The molecule has 3 aromatic rings. The second-order valence-electron chi connectivity index (χ2n) is 8.37. The molecule has 0 saturated heterocycles. The summed E-state index contributed by atoms with van der Waals surface area (Å²) >= 11 is 0. The first kappa shape index (κ1) is 24.1. The number of aliphatic hydroxyl groups is 1. The summed E-state index contributed by atoms with van der Waals surface area (Å²) in [6, 6.07) is 25.7. The molecular weight excluding hydrogens is 420 g/mol. The third kappa shape index (κ3) is 6.74. The van der Waals surface area contributed by atoms with Crippen LogP contribution in [0.4, 0.5) is 0 Å². The Labute approximate surface area is 191 Å². The van der Waals surface area contributed by atoms with Gasteiger partial charge in [0, 0.05) is 19.1 Å². The summed E-state index contributed by atoms with van der Waals surface area (Å²) in [7, 11) is -3.85. The van der Waals surface area contributed by atoms with Gasteiger partial charge in [-0.15, -0.1) is 0 Å². The van der Waals surface area contributed by atoms with E-state index in [4.69, 9.17) is 5.14 Å². The zero-order chi connectivity index (χ0) is 23.1. The van der Waals surface area contributed by atoms with Gasteiger partial charge in [-0.05, 0) is 55.0 Å². The highest BCUT2D eigenvalue weighted by atomic mass is 32.2. The average molecular weight is 453 g/mol. The number of sulfonamides is 1. The molecule has 0 saturated carbocycles. The van der Waals surface area contributed by atoms with Gasteiger partial charge in [-0.2, -0.15) is 0 Å². The maximum Gasteiger partial charge on any atom is 0.238 e. The molecule has 0 aliphatic carbocycles. The molecule has 6 heteroatoms. The predicted octanol–water partition coefficient (Wildman–Crippen LogP) is 4.20. The molecule has 2 atom stereocenters. The van der Waals surface area contributed by atoms with E-state index in [1.165, 1.54) is 17.2 Å². The van der Waals surface area contributed by atoms with Crippen LogP contribution < -0.4 is 5.14 Å². The molecule has 0 aliphatic rings. The van der Waals surface area contributed by atoms with Gasteiger partial charge < -0.3 is 5.11 Å². The monoisotopic (exact) mass is 452 g/mol. The fourth-order valence-electron chi connectivity index (χ4n) is 3.88. The lowest BCUT2D eigenvalue weighted by atomic mass is 10.0. The minimum atomic E-state index is -3.85. The van der Waals surface area contributed by atoms with E-state index in [9.17, 15) is 13.5 Å². The van der Waals surface area contributed by atoms with Crippen molar-refractivity contribution in [1.29, 1.82) is 0 Å². The molecule has 0 fully saturated rings. The van der Waals surface area contributed by atoms with Crippen LogP contribution in [-0.2, 0) is 23.0 Å². The number of aliphatic hydroxyl groups excluding tert-OH is 1. The van der Waals surface area contributed by atoms with E-state index in [1.807, 2.05) is 36.4 Å². The maximum atomic E-state index is 11.9. The summed E-state index contributed by atoms with van der Waals surface area (Å²) in [6.07, 6.45) is 1.06. The molecule has 0 bridgehead atoms. The van der Waals surface area contributed by atoms with Crippen molar-refractivity contribution in [3.05, 3.63) is 101 Å². The third-order valence-electron chi connectivity index (χ3n) is 5.86. The highest BCUT2D eigenvalue weighted by molar-refractivity contribution is 7.89. The van der Waals surface area contributed by atoms with Gasteiger partial charge in [0.05, 0.1) is 11.0 Å². The largest absolute Gasteiger partial charge is 0.387 e. The lowest BCUT2D eigenvalue weighted by Gasteiger charge is -2.31. The first-order valence-corrected chi connectivity index (χ1v) is 12.4. The summed E-state index contributed by atoms with van der Waals surface area (Å²) in [5.74, 6) is 0. The Bertz CT molecular complexity index is 1100. The van der Waals surface area contributed by atoms with Gasteiger partial charge >= 0.3 is 0 Å². The van der Waals surface area contributed by atoms with Crippen LogP contribution in [-0.4, -0.2) is 31.0 Å². The van der Waals surface area contributed by atoms with Gasteiger partial charge in [0.15, 0.2) is 0 Å². The van der Waals surface area contributed by atoms with E-state index in [0.29, 0.717) is 24.2 Å². The molecular formula is C26H32N2O3S. The molecule has 0 aromatic heterocycles. The Morgan fingerprint density at radius 3 is 2.12 bits per heavy atom. The standard InChI is InChI=1S/C26H32N2O3S/c1-20-13-16-24(17-26(20)32(27,30)31)25(29)19-28(18-23-11-7-4-8-12-23)21(2)14-15-22-9-5-3-6-10-22/h3-13,16-17,21,25,29H,14-15,18-19H2,1-2H3,(H2,27,30,31). The summed E-state index contributed by atoms with van der Waals surface area (Å²) in [4.78, 5) is 2.31. The van der Waals surface area contributed by atoms with Crippen molar-refractivity contribution in [2.75, 3.05) is 6.54 Å². The molecule has 2 unspecified atom stereocenters. The smallest absolute Gasteiger partial charge is 0.238 e. The van der Waals surface area contributed by atoms with Crippen LogP contribution in [0, 0.1) is 6.92 Å². The Hall–Kier alpha value is -2.51. The molecule has 3 aromatic carbocycles. The fourth-order valence-corrected chi connectivity index (χ4v) is 4.70. The van der Waals surface area contributed by atoms with Crippen LogP contribution in [0.2, 0.25) is 0 Å². The molecule has 0 radical (unpaired) electrons. The molecule has 170 valence electrons. The van der Waals surface area contributed by atoms with Gasteiger partial charge in [-0.25, -0.2) is 13.6 Å². The summed E-state index contributed by atoms with van der Waals surface area (Å²) in [5, 5.41) is 16.4. The predicted molar refractivity (Wildman–Crippen MR) is 129 cm³/mol. The Morgan fingerprint density at radius 2 is 1.53 bits per heavy atom. The molecule has 0 aliphatic heterocycles. The van der Waals surface area contributed by atoms with Crippen LogP contribution in [0.1, 0.15) is 41.7 Å². The summed E-state index contributed by atoms with van der Waals surface area (Å²) < 4.78 is 23.8. The van der Waals surface area contributed by atoms with Crippen LogP contribution in [0.3, 0.4) is 0 Å².